The lowest BCUT2D eigenvalue weighted by Crippen LogP contribution is -2.03. The highest BCUT2D eigenvalue weighted by atomic mass is 79.9. The predicted octanol–water partition coefficient (Wildman–Crippen LogP) is 5.89. The fraction of sp³-hybridized carbons (Fsp3) is 0.231. The van der Waals surface area contributed by atoms with Crippen molar-refractivity contribution in [1.29, 1.82) is 0 Å². The van der Waals surface area contributed by atoms with E-state index in [0.29, 0.717) is 5.92 Å². The summed E-state index contributed by atoms with van der Waals surface area (Å²) in [5.74, 6) is 0.472. The number of hydrogen-bond donors (Lipinski definition) is 0. The molecule has 1 heterocycles. The van der Waals surface area contributed by atoms with Crippen LogP contribution < -0.4 is 0 Å². The number of benzene rings is 1. The SMILES string of the molecule is Clc1cccc(C(CBr)Cc2ccc(Br)s2)c1. The van der Waals surface area contributed by atoms with Crippen molar-refractivity contribution in [2.24, 2.45) is 0 Å². The monoisotopic (exact) mass is 392 g/mol. The van der Waals surface area contributed by atoms with Crippen LogP contribution in [0.2, 0.25) is 5.02 Å². The third-order valence-corrected chi connectivity index (χ3v) is 5.25. The number of hydrogen-bond acceptors (Lipinski definition) is 1. The second-order valence-corrected chi connectivity index (χ2v) is 7.45. The van der Waals surface area contributed by atoms with Crippen LogP contribution in [0.1, 0.15) is 16.4 Å². The first-order valence-corrected chi connectivity index (χ1v) is 8.35. The van der Waals surface area contributed by atoms with Gasteiger partial charge in [0.15, 0.2) is 0 Å². The molecule has 0 N–H and O–H groups in total. The maximum atomic E-state index is 6.03. The van der Waals surface area contributed by atoms with Gasteiger partial charge in [-0.25, -0.2) is 0 Å². The lowest BCUT2D eigenvalue weighted by Gasteiger charge is -2.13. The second-order valence-electron chi connectivity index (χ2n) is 3.82. The average molecular weight is 395 g/mol. The number of halogens is 3. The summed E-state index contributed by atoms with van der Waals surface area (Å²) >= 11 is 14.9. The van der Waals surface area contributed by atoms with E-state index in [1.807, 2.05) is 12.1 Å². The summed E-state index contributed by atoms with van der Waals surface area (Å²) in [6.45, 7) is 0. The minimum absolute atomic E-state index is 0.472. The molecule has 0 radical (unpaired) electrons. The zero-order chi connectivity index (χ0) is 12.3. The van der Waals surface area contributed by atoms with Crippen LogP contribution in [-0.2, 0) is 6.42 Å². The van der Waals surface area contributed by atoms with E-state index in [-0.39, 0.29) is 0 Å². The van der Waals surface area contributed by atoms with Crippen molar-refractivity contribution >= 4 is 54.8 Å². The van der Waals surface area contributed by atoms with Crippen LogP contribution in [0, 0.1) is 0 Å². The summed E-state index contributed by atoms with van der Waals surface area (Å²) in [5.41, 5.74) is 1.29. The standard InChI is InChI=1S/C13H11Br2ClS/c14-8-10(7-12-4-5-13(15)17-12)9-2-1-3-11(16)6-9/h1-6,10H,7-8H2. The predicted molar refractivity (Wildman–Crippen MR) is 83.7 cm³/mol. The van der Waals surface area contributed by atoms with Gasteiger partial charge in [-0.15, -0.1) is 11.3 Å². The van der Waals surface area contributed by atoms with Crippen LogP contribution in [-0.4, -0.2) is 5.33 Å². The van der Waals surface area contributed by atoms with Gasteiger partial charge in [0, 0.05) is 15.2 Å². The second kappa shape index (κ2) is 6.37. The van der Waals surface area contributed by atoms with E-state index in [9.17, 15) is 0 Å². The minimum atomic E-state index is 0.472. The smallest absolute Gasteiger partial charge is 0.0701 e. The van der Waals surface area contributed by atoms with Crippen LogP contribution in [0.15, 0.2) is 40.2 Å². The van der Waals surface area contributed by atoms with E-state index >= 15 is 0 Å². The lowest BCUT2D eigenvalue weighted by atomic mass is 9.97. The Hall–Kier alpha value is 0.170. The molecule has 0 saturated carbocycles. The zero-order valence-electron chi connectivity index (χ0n) is 9.00. The van der Waals surface area contributed by atoms with Crippen LogP contribution in [0.25, 0.3) is 0 Å². The van der Waals surface area contributed by atoms with Crippen molar-refractivity contribution in [3.8, 4) is 0 Å². The molecule has 0 aliphatic heterocycles. The van der Waals surface area contributed by atoms with Gasteiger partial charge in [0.2, 0.25) is 0 Å². The van der Waals surface area contributed by atoms with E-state index in [1.165, 1.54) is 14.2 Å². The Bertz CT molecular complexity index is 496. The molecule has 0 nitrogen and oxygen atoms in total. The summed E-state index contributed by atoms with van der Waals surface area (Å²) in [6, 6.07) is 12.4. The fourth-order valence-corrected chi connectivity index (χ4v) is 4.09. The van der Waals surface area contributed by atoms with Crippen molar-refractivity contribution in [2.45, 2.75) is 12.3 Å². The molecule has 2 aromatic rings. The van der Waals surface area contributed by atoms with Crippen LogP contribution in [0.4, 0.5) is 0 Å². The van der Waals surface area contributed by atoms with Gasteiger partial charge in [0.25, 0.3) is 0 Å². The Labute approximate surface area is 127 Å². The van der Waals surface area contributed by atoms with Crippen molar-refractivity contribution in [3.05, 3.63) is 55.6 Å². The molecular weight excluding hydrogens is 383 g/mol. The normalized spacial score (nSPS) is 12.6. The van der Waals surface area contributed by atoms with E-state index in [0.717, 1.165) is 16.8 Å². The lowest BCUT2D eigenvalue weighted by molar-refractivity contribution is 0.786. The first kappa shape index (κ1) is 13.6. The molecule has 2 rings (SSSR count). The van der Waals surface area contributed by atoms with E-state index in [4.69, 9.17) is 11.6 Å². The van der Waals surface area contributed by atoms with Gasteiger partial charge in [-0.3, -0.25) is 0 Å². The molecular formula is C13H11Br2ClS. The van der Waals surface area contributed by atoms with Gasteiger partial charge >= 0.3 is 0 Å². The van der Waals surface area contributed by atoms with Gasteiger partial charge in [-0.05, 0) is 58.1 Å². The number of alkyl halides is 1. The number of rotatable bonds is 4. The quantitative estimate of drug-likeness (QED) is 0.568. The molecule has 17 heavy (non-hydrogen) atoms. The van der Waals surface area contributed by atoms with Gasteiger partial charge in [-0.1, -0.05) is 39.7 Å². The molecule has 1 unspecified atom stereocenters. The zero-order valence-corrected chi connectivity index (χ0v) is 13.7. The Morgan fingerprint density at radius 1 is 1.24 bits per heavy atom. The first-order chi connectivity index (χ1) is 8.19. The molecule has 0 saturated heterocycles. The fourth-order valence-electron chi connectivity index (χ4n) is 1.73. The molecule has 0 fully saturated rings. The molecule has 0 amide bonds. The maximum absolute atomic E-state index is 6.03. The molecule has 1 atom stereocenters. The van der Waals surface area contributed by atoms with Gasteiger partial charge in [0.1, 0.15) is 0 Å². The van der Waals surface area contributed by atoms with Gasteiger partial charge < -0.3 is 0 Å². The molecule has 90 valence electrons. The molecule has 0 bridgehead atoms. The Morgan fingerprint density at radius 3 is 2.65 bits per heavy atom. The third kappa shape index (κ3) is 3.82. The highest BCUT2D eigenvalue weighted by Gasteiger charge is 2.12. The van der Waals surface area contributed by atoms with Crippen molar-refractivity contribution in [3.63, 3.8) is 0 Å². The van der Waals surface area contributed by atoms with Gasteiger partial charge in [-0.2, -0.15) is 0 Å². The third-order valence-electron chi connectivity index (χ3n) is 2.58. The van der Waals surface area contributed by atoms with Crippen LogP contribution in [0.3, 0.4) is 0 Å². The van der Waals surface area contributed by atoms with Crippen molar-refractivity contribution in [2.75, 3.05) is 5.33 Å². The molecule has 0 spiro atoms. The summed E-state index contributed by atoms with van der Waals surface area (Å²) in [7, 11) is 0. The Balaban J connectivity index is 2.16. The first-order valence-electron chi connectivity index (χ1n) is 5.24. The summed E-state index contributed by atoms with van der Waals surface area (Å²) in [4.78, 5) is 1.39. The van der Waals surface area contributed by atoms with Gasteiger partial charge in [0.05, 0.1) is 3.79 Å². The highest BCUT2D eigenvalue weighted by Crippen LogP contribution is 2.30. The Kier molecular flexibility index (Phi) is 5.10. The molecule has 1 aromatic heterocycles. The highest BCUT2D eigenvalue weighted by molar-refractivity contribution is 9.11. The summed E-state index contributed by atoms with van der Waals surface area (Å²) < 4.78 is 1.19. The van der Waals surface area contributed by atoms with Crippen molar-refractivity contribution < 1.29 is 0 Å². The van der Waals surface area contributed by atoms with E-state index < -0.39 is 0 Å². The molecule has 0 aliphatic carbocycles. The molecule has 4 heteroatoms. The summed E-state index contributed by atoms with van der Waals surface area (Å²) in [5, 5.41) is 1.75. The molecule has 0 aliphatic rings. The van der Waals surface area contributed by atoms with Crippen LogP contribution in [0.5, 0.6) is 0 Å². The Morgan fingerprint density at radius 2 is 2.06 bits per heavy atom. The van der Waals surface area contributed by atoms with E-state index in [2.05, 4.69) is 56.1 Å². The van der Waals surface area contributed by atoms with E-state index in [1.54, 1.807) is 11.3 Å². The summed E-state index contributed by atoms with van der Waals surface area (Å²) in [6.07, 6.45) is 1.04. The van der Waals surface area contributed by atoms with Crippen molar-refractivity contribution in [1.82, 2.24) is 0 Å². The minimum Gasteiger partial charge on any atom is -0.133 e. The number of thiophene rings is 1. The largest absolute Gasteiger partial charge is 0.133 e. The average Bonchev–Trinajstić information content (AvgIpc) is 2.72. The molecule has 1 aromatic carbocycles. The van der Waals surface area contributed by atoms with Crippen LogP contribution >= 0.6 is 54.8 Å². The topological polar surface area (TPSA) is 0 Å². The maximum Gasteiger partial charge on any atom is 0.0701 e.